The van der Waals surface area contributed by atoms with Crippen LogP contribution in [0.15, 0.2) is 30.5 Å². The maximum Gasteiger partial charge on any atom is 0.225 e. The lowest BCUT2D eigenvalue weighted by Crippen LogP contribution is -2.38. The average molecular weight is 330 g/mol. The molecule has 2 heterocycles. The molecule has 2 aromatic rings. The SMILES string of the molecule is CC(N)CC(=O)Nc1ccc2c(ccn2CCN2CCOCC2)c1. The Morgan fingerprint density at radius 1 is 1.29 bits per heavy atom. The molecule has 24 heavy (non-hydrogen) atoms. The van der Waals surface area contributed by atoms with Gasteiger partial charge in [0.2, 0.25) is 5.91 Å². The zero-order valence-electron chi connectivity index (χ0n) is 14.2. The number of morpholine rings is 1. The summed E-state index contributed by atoms with van der Waals surface area (Å²) in [5, 5.41) is 4.04. The third-order valence-corrected chi connectivity index (χ3v) is 4.32. The zero-order valence-corrected chi connectivity index (χ0v) is 14.2. The number of carbonyl (C=O) groups excluding carboxylic acids is 1. The first kappa shape index (κ1) is 17.0. The maximum atomic E-state index is 11.8. The van der Waals surface area contributed by atoms with Crippen molar-refractivity contribution < 1.29 is 9.53 Å². The Balaban J connectivity index is 1.63. The van der Waals surface area contributed by atoms with Gasteiger partial charge in [-0.3, -0.25) is 9.69 Å². The number of anilines is 1. The fourth-order valence-corrected chi connectivity index (χ4v) is 3.05. The van der Waals surface area contributed by atoms with Crippen molar-refractivity contribution in [2.45, 2.75) is 25.9 Å². The number of hydrogen-bond acceptors (Lipinski definition) is 4. The molecule has 1 fully saturated rings. The van der Waals surface area contributed by atoms with Gasteiger partial charge >= 0.3 is 0 Å². The number of nitrogens with two attached hydrogens (primary N) is 1. The van der Waals surface area contributed by atoms with E-state index in [1.807, 2.05) is 19.1 Å². The second-order valence-electron chi connectivity index (χ2n) is 6.47. The molecule has 3 rings (SSSR count). The summed E-state index contributed by atoms with van der Waals surface area (Å²) in [5.74, 6) is -0.0453. The summed E-state index contributed by atoms with van der Waals surface area (Å²) in [4.78, 5) is 14.3. The molecule has 1 aromatic heterocycles. The number of amides is 1. The van der Waals surface area contributed by atoms with Crippen LogP contribution in [-0.4, -0.2) is 54.3 Å². The normalized spacial score (nSPS) is 17.1. The lowest BCUT2D eigenvalue weighted by molar-refractivity contribution is -0.116. The Labute approximate surface area is 142 Å². The van der Waals surface area contributed by atoms with Crippen molar-refractivity contribution in [3.8, 4) is 0 Å². The van der Waals surface area contributed by atoms with Crippen molar-refractivity contribution in [3.63, 3.8) is 0 Å². The van der Waals surface area contributed by atoms with Crippen LogP contribution in [0.4, 0.5) is 5.69 Å². The Morgan fingerprint density at radius 2 is 2.08 bits per heavy atom. The van der Waals surface area contributed by atoms with Crippen LogP contribution in [0, 0.1) is 0 Å². The van der Waals surface area contributed by atoms with E-state index >= 15 is 0 Å². The van der Waals surface area contributed by atoms with Crippen molar-refractivity contribution in [1.29, 1.82) is 0 Å². The monoisotopic (exact) mass is 330 g/mol. The Hall–Kier alpha value is -1.89. The summed E-state index contributed by atoms with van der Waals surface area (Å²) in [6.45, 7) is 7.49. The summed E-state index contributed by atoms with van der Waals surface area (Å²) >= 11 is 0. The number of carbonyl (C=O) groups is 1. The molecule has 1 aromatic carbocycles. The topological polar surface area (TPSA) is 72.5 Å². The first-order valence-electron chi connectivity index (χ1n) is 8.56. The molecule has 0 bridgehead atoms. The lowest BCUT2D eigenvalue weighted by Gasteiger charge is -2.26. The summed E-state index contributed by atoms with van der Waals surface area (Å²) in [6.07, 6.45) is 2.44. The molecule has 1 aliphatic rings. The van der Waals surface area contributed by atoms with Gasteiger partial charge in [0, 0.05) is 61.4 Å². The quantitative estimate of drug-likeness (QED) is 0.845. The smallest absolute Gasteiger partial charge is 0.225 e. The molecule has 1 amide bonds. The number of ether oxygens (including phenoxy) is 1. The molecule has 0 saturated carbocycles. The van der Waals surface area contributed by atoms with Crippen molar-refractivity contribution in [2.24, 2.45) is 5.73 Å². The number of nitrogens with zero attached hydrogens (tertiary/aromatic N) is 2. The fraction of sp³-hybridized carbons (Fsp3) is 0.500. The van der Waals surface area contributed by atoms with Crippen LogP contribution >= 0.6 is 0 Å². The molecular formula is C18H26N4O2. The van der Waals surface area contributed by atoms with Gasteiger partial charge in [0.15, 0.2) is 0 Å². The van der Waals surface area contributed by atoms with Gasteiger partial charge in [0.25, 0.3) is 0 Å². The van der Waals surface area contributed by atoms with E-state index in [0.29, 0.717) is 6.42 Å². The highest BCUT2D eigenvalue weighted by atomic mass is 16.5. The lowest BCUT2D eigenvalue weighted by atomic mass is 10.2. The molecule has 6 heteroatoms. The number of hydrogen-bond donors (Lipinski definition) is 2. The van der Waals surface area contributed by atoms with Gasteiger partial charge in [-0.2, -0.15) is 0 Å². The van der Waals surface area contributed by atoms with Crippen LogP contribution in [0.3, 0.4) is 0 Å². The van der Waals surface area contributed by atoms with Gasteiger partial charge < -0.3 is 20.4 Å². The van der Waals surface area contributed by atoms with Crippen LogP contribution < -0.4 is 11.1 Å². The molecule has 0 spiro atoms. The molecule has 0 aliphatic carbocycles. The van der Waals surface area contributed by atoms with Crippen molar-refractivity contribution in [1.82, 2.24) is 9.47 Å². The zero-order chi connectivity index (χ0) is 16.9. The van der Waals surface area contributed by atoms with E-state index in [9.17, 15) is 4.79 Å². The summed E-state index contributed by atoms with van der Waals surface area (Å²) in [5.41, 5.74) is 7.67. The van der Waals surface area contributed by atoms with Gasteiger partial charge in [-0.15, -0.1) is 0 Å². The minimum atomic E-state index is -0.130. The van der Waals surface area contributed by atoms with E-state index in [0.717, 1.165) is 50.5 Å². The van der Waals surface area contributed by atoms with Gasteiger partial charge in [0.1, 0.15) is 0 Å². The molecule has 3 N–H and O–H groups in total. The van der Waals surface area contributed by atoms with Gasteiger partial charge in [-0.25, -0.2) is 0 Å². The van der Waals surface area contributed by atoms with E-state index in [1.165, 1.54) is 5.52 Å². The molecule has 1 atom stereocenters. The second-order valence-corrected chi connectivity index (χ2v) is 6.47. The van der Waals surface area contributed by atoms with E-state index < -0.39 is 0 Å². The highest BCUT2D eigenvalue weighted by molar-refractivity contribution is 5.94. The van der Waals surface area contributed by atoms with Crippen molar-refractivity contribution >= 4 is 22.5 Å². The van der Waals surface area contributed by atoms with Crippen LogP contribution in [0.5, 0.6) is 0 Å². The van der Waals surface area contributed by atoms with E-state index in [1.54, 1.807) is 0 Å². The minimum absolute atomic E-state index is 0.0453. The summed E-state index contributed by atoms with van der Waals surface area (Å²) in [7, 11) is 0. The average Bonchev–Trinajstić information content (AvgIpc) is 2.95. The van der Waals surface area contributed by atoms with E-state index in [2.05, 4.69) is 33.1 Å². The maximum absolute atomic E-state index is 11.8. The van der Waals surface area contributed by atoms with Crippen molar-refractivity contribution in [3.05, 3.63) is 30.5 Å². The highest BCUT2D eigenvalue weighted by Gasteiger charge is 2.11. The van der Waals surface area contributed by atoms with E-state index in [4.69, 9.17) is 10.5 Å². The largest absolute Gasteiger partial charge is 0.379 e. The molecule has 1 saturated heterocycles. The number of fused-ring (bicyclic) bond motifs is 1. The fourth-order valence-electron chi connectivity index (χ4n) is 3.05. The Bertz CT molecular complexity index is 689. The summed E-state index contributed by atoms with van der Waals surface area (Å²) < 4.78 is 7.65. The molecule has 6 nitrogen and oxygen atoms in total. The number of rotatable bonds is 6. The Kier molecular flexibility index (Phi) is 5.50. The number of nitrogens with one attached hydrogen (secondary N) is 1. The van der Waals surface area contributed by atoms with E-state index in [-0.39, 0.29) is 11.9 Å². The van der Waals surface area contributed by atoms with Crippen LogP contribution in [0.25, 0.3) is 10.9 Å². The summed E-state index contributed by atoms with van der Waals surface area (Å²) in [6, 6.07) is 7.99. The second kappa shape index (κ2) is 7.79. The third-order valence-electron chi connectivity index (χ3n) is 4.32. The third kappa shape index (κ3) is 4.35. The van der Waals surface area contributed by atoms with Gasteiger partial charge in [-0.1, -0.05) is 0 Å². The Morgan fingerprint density at radius 3 is 2.83 bits per heavy atom. The van der Waals surface area contributed by atoms with Crippen molar-refractivity contribution in [2.75, 3.05) is 38.2 Å². The van der Waals surface area contributed by atoms with Crippen LogP contribution in [-0.2, 0) is 16.1 Å². The molecule has 0 radical (unpaired) electrons. The predicted octanol–water partition coefficient (Wildman–Crippen LogP) is 1.65. The number of benzene rings is 1. The number of aromatic nitrogens is 1. The van der Waals surface area contributed by atoms with Crippen LogP contribution in [0.1, 0.15) is 13.3 Å². The molecular weight excluding hydrogens is 304 g/mol. The van der Waals surface area contributed by atoms with Crippen LogP contribution in [0.2, 0.25) is 0 Å². The van der Waals surface area contributed by atoms with Gasteiger partial charge in [0.05, 0.1) is 13.2 Å². The standard InChI is InChI=1S/C18H26N4O2/c1-14(19)12-18(23)20-16-2-3-17-15(13-16)4-5-22(17)7-6-21-8-10-24-11-9-21/h2-5,13-14H,6-12,19H2,1H3,(H,20,23). The first-order chi connectivity index (χ1) is 11.6. The first-order valence-corrected chi connectivity index (χ1v) is 8.56. The highest BCUT2D eigenvalue weighted by Crippen LogP contribution is 2.21. The molecule has 130 valence electrons. The van der Waals surface area contributed by atoms with Gasteiger partial charge in [-0.05, 0) is 31.2 Å². The molecule has 1 aliphatic heterocycles. The minimum Gasteiger partial charge on any atom is -0.379 e. The predicted molar refractivity (Wildman–Crippen MR) is 96.1 cm³/mol. The molecule has 1 unspecified atom stereocenters.